The molecule has 0 saturated heterocycles. The molecule has 1 aromatic carbocycles. The molecule has 1 aliphatic heterocycles. The van der Waals surface area contributed by atoms with E-state index in [-0.39, 0.29) is 23.5 Å². The van der Waals surface area contributed by atoms with E-state index >= 15 is 0 Å². The molecular formula is C19H17FN4O3. The van der Waals surface area contributed by atoms with Crippen LogP contribution in [0.4, 0.5) is 4.39 Å². The van der Waals surface area contributed by atoms with Crippen LogP contribution in [-0.2, 0) is 13.0 Å². The molecule has 0 radical (unpaired) electrons. The predicted molar refractivity (Wildman–Crippen MR) is 96.1 cm³/mol. The van der Waals surface area contributed by atoms with E-state index in [1.54, 1.807) is 0 Å². The summed E-state index contributed by atoms with van der Waals surface area (Å²) in [4.78, 5) is 33.4. The first kappa shape index (κ1) is 17.1. The highest BCUT2D eigenvalue weighted by atomic mass is 19.1. The quantitative estimate of drug-likeness (QED) is 0.738. The summed E-state index contributed by atoms with van der Waals surface area (Å²) < 4.78 is 15.5. The number of aromatic nitrogens is 3. The Morgan fingerprint density at radius 3 is 2.85 bits per heavy atom. The standard InChI is InChI=1S/C19H17FN4O3/c1-10-2-3-12-4-13(20)5-14-16(12)24(10)19(27)15(17(14)25)18(26)23-8-11-6-21-9-22-7-11/h4-7,9-10,25H,2-3,8H2,1H3,(H,23,26). The summed E-state index contributed by atoms with van der Waals surface area (Å²) in [7, 11) is 0. The Morgan fingerprint density at radius 2 is 2.11 bits per heavy atom. The summed E-state index contributed by atoms with van der Waals surface area (Å²) in [6.07, 6.45) is 5.69. The highest BCUT2D eigenvalue weighted by Gasteiger charge is 2.28. The highest BCUT2D eigenvalue weighted by molar-refractivity contribution is 6.03. The summed E-state index contributed by atoms with van der Waals surface area (Å²) >= 11 is 0. The minimum Gasteiger partial charge on any atom is -0.506 e. The number of hydrogen-bond acceptors (Lipinski definition) is 5. The third-order valence-corrected chi connectivity index (χ3v) is 4.89. The van der Waals surface area contributed by atoms with E-state index in [9.17, 15) is 19.1 Å². The minimum absolute atomic E-state index is 0.0978. The average molecular weight is 368 g/mol. The number of benzene rings is 1. The Morgan fingerprint density at radius 1 is 1.37 bits per heavy atom. The van der Waals surface area contributed by atoms with Crippen molar-refractivity contribution in [3.63, 3.8) is 0 Å². The number of rotatable bonds is 3. The van der Waals surface area contributed by atoms with Gasteiger partial charge in [0.1, 0.15) is 23.5 Å². The smallest absolute Gasteiger partial charge is 0.267 e. The van der Waals surface area contributed by atoms with Crippen molar-refractivity contribution in [3.05, 3.63) is 63.7 Å². The summed E-state index contributed by atoms with van der Waals surface area (Å²) in [6, 6.07) is 2.37. The fraction of sp³-hybridized carbons (Fsp3) is 0.263. The molecule has 8 heteroatoms. The molecule has 0 bridgehead atoms. The van der Waals surface area contributed by atoms with E-state index in [1.165, 1.54) is 29.4 Å². The zero-order valence-corrected chi connectivity index (χ0v) is 14.6. The van der Waals surface area contributed by atoms with Crippen LogP contribution in [0.25, 0.3) is 10.9 Å². The van der Waals surface area contributed by atoms with E-state index in [0.717, 1.165) is 6.07 Å². The molecule has 1 unspecified atom stereocenters. The molecule has 0 spiro atoms. The van der Waals surface area contributed by atoms with Gasteiger partial charge < -0.3 is 15.0 Å². The zero-order chi connectivity index (χ0) is 19.1. The van der Waals surface area contributed by atoms with Gasteiger partial charge in [-0.05, 0) is 37.5 Å². The maximum Gasteiger partial charge on any atom is 0.267 e. The van der Waals surface area contributed by atoms with Gasteiger partial charge in [0.15, 0.2) is 0 Å². The lowest BCUT2D eigenvalue weighted by molar-refractivity contribution is 0.0946. The van der Waals surface area contributed by atoms with Gasteiger partial charge >= 0.3 is 0 Å². The number of carbonyl (C=O) groups is 1. The first-order chi connectivity index (χ1) is 13.0. The maximum absolute atomic E-state index is 14.0. The Balaban J connectivity index is 1.84. The van der Waals surface area contributed by atoms with Gasteiger partial charge in [-0.15, -0.1) is 0 Å². The lowest BCUT2D eigenvalue weighted by Crippen LogP contribution is -2.36. The molecule has 7 nitrogen and oxygen atoms in total. The van der Waals surface area contributed by atoms with Gasteiger partial charge in [0.2, 0.25) is 0 Å². The second kappa shape index (κ2) is 6.46. The van der Waals surface area contributed by atoms with Gasteiger partial charge in [0, 0.05) is 35.9 Å². The maximum atomic E-state index is 14.0. The summed E-state index contributed by atoms with van der Waals surface area (Å²) in [5.41, 5.74) is 0.829. The Kier molecular flexibility index (Phi) is 4.10. The van der Waals surface area contributed by atoms with E-state index in [2.05, 4.69) is 15.3 Å². The van der Waals surface area contributed by atoms with Crippen molar-refractivity contribution in [3.8, 4) is 5.75 Å². The molecule has 3 heterocycles. The van der Waals surface area contributed by atoms with E-state index in [4.69, 9.17) is 0 Å². The molecule has 0 saturated carbocycles. The summed E-state index contributed by atoms with van der Waals surface area (Å²) in [6.45, 7) is 1.97. The molecule has 4 rings (SSSR count). The van der Waals surface area contributed by atoms with Crippen LogP contribution in [-0.4, -0.2) is 25.5 Å². The van der Waals surface area contributed by atoms with Crippen molar-refractivity contribution in [2.75, 3.05) is 0 Å². The normalized spacial score (nSPS) is 15.7. The Labute approximate surface area is 153 Å². The molecule has 0 aliphatic carbocycles. The molecule has 1 amide bonds. The SMILES string of the molecule is CC1CCc2cc(F)cc3c(O)c(C(=O)NCc4cncnc4)c(=O)n1c23. The number of aryl methyl sites for hydroxylation is 1. The van der Waals surface area contributed by atoms with Crippen molar-refractivity contribution in [1.82, 2.24) is 19.9 Å². The van der Waals surface area contributed by atoms with Crippen LogP contribution in [0.2, 0.25) is 0 Å². The van der Waals surface area contributed by atoms with Crippen LogP contribution < -0.4 is 10.9 Å². The number of halogens is 1. The molecule has 2 N–H and O–H groups in total. The third kappa shape index (κ3) is 2.83. The largest absolute Gasteiger partial charge is 0.506 e. The van der Waals surface area contributed by atoms with Crippen LogP contribution in [0, 0.1) is 5.82 Å². The summed E-state index contributed by atoms with van der Waals surface area (Å²) in [5, 5.41) is 13.4. The van der Waals surface area contributed by atoms with Gasteiger partial charge in [0.05, 0.1) is 5.52 Å². The molecule has 3 aromatic rings. The van der Waals surface area contributed by atoms with Gasteiger partial charge in [-0.2, -0.15) is 0 Å². The molecule has 1 atom stereocenters. The van der Waals surface area contributed by atoms with E-state index < -0.39 is 23.0 Å². The first-order valence-electron chi connectivity index (χ1n) is 8.59. The number of hydrogen-bond donors (Lipinski definition) is 2. The first-order valence-corrected chi connectivity index (χ1v) is 8.59. The molecule has 2 aromatic heterocycles. The monoisotopic (exact) mass is 368 g/mol. The van der Waals surface area contributed by atoms with Crippen molar-refractivity contribution in [2.24, 2.45) is 0 Å². The number of amides is 1. The number of nitrogens with zero attached hydrogens (tertiary/aromatic N) is 3. The van der Waals surface area contributed by atoms with Gasteiger partial charge in [-0.25, -0.2) is 14.4 Å². The highest BCUT2D eigenvalue weighted by Crippen LogP contribution is 2.35. The van der Waals surface area contributed by atoms with Crippen LogP contribution in [0.1, 0.15) is 40.9 Å². The van der Waals surface area contributed by atoms with Crippen molar-refractivity contribution in [1.29, 1.82) is 0 Å². The van der Waals surface area contributed by atoms with Gasteiger partial charge in [-0.3, -0.25) is 9.59 Å². The van der Waals surface area contributed by atoms with E-state index in [0.29, 0.717) is 29.5 Å². The second-order valence-corrected chi connectivity index (χ2v) is 6.68. The topological polar surface area (TPSA) is 97.1 Å². The number of carbonyl (C=O) groups excluding carboxylic acids is 1. The summed E-state index contributed by atoms with van der Waals surface area (Å²) in [5.74, 6) is -1.74. The van der Waals surface area contributed by atoms with Crippen LogP contribution in [0.5, 0.6) is 5.75 Å². The van der Waals surface area contributed by atoms with Crippen molar-refractivity contribution < 1.29 is 14.3 Å². The second-order valence-electron chi connectivity index (χ2n) is 6.68. The zero-order valence-electron chi connectivity index (χ0n) is 14.6. The fourth-order valence-corrected chi connectivity index (χ4v) is 3.58. The van der Waals surface area contributed by atoms with Crippen LogP contribution in [0.15, 0.2) is 35.6 Å². The number of nitrogens with one attached hydrogen (secondary N) is 1. The van der Waals surface area contributed by atoms with Crippen molar-refractivity contribution in [2.45, 2.75) is 32.4 Å². The molecular weight excluding hydrogens is 351 g/mol. The molecule has 27 heavy (non-hydrogen) atoms. The van der Waals surface area contributed by atoms with Gasteiger partial charge in [-0.1, -0.05) is 0 Å². The number of aromatic hydroxyl groups is 1. The average Bonchev–Trinajstić information content (AvgIpc) is 2.66. The van der Waals surface area contributed by atoms with Crippen LogP contribution >= 0.6 is 0 Å². The molecule has 1 aliphatic rings. The Hall–Kier alpha value is -3.29. The minimum atomic E-state index is -0.726. The lowest BCUT2D eigenvalue weighted by atomic mass is 9.95. The fourth-order valence-electron chi connectivity index (χ4n) is 3.58. The lowest BCUT2D eigenvalue weighted by Gasteiger charge is -2.26. The van der Waals surface area contributed by atoms with Gasteiger partial charge in [0.25, 0.3) is 11.5 Å². The van der Waals surface area contributed by atoms with Crippen LogP contribution in [0.3, 0.4) is 0 Å². The number of pyridine rings is 1. The Bertz CT molecular complexity index is 1110. The van der Waals surface area contributed by atoms with Crippen molar-refractivity contribution >= 4 is 16.8 Å². The third-order valence-electron chi connectivity index (χ3n) is 4.89. The predicted octanol–water partition coefficient (Wildman–Crippen LogP) is 2.07. The molecule has 138 valence electrons. The molecule has 0 fully saturated rings. The van der Waals surface area contributed by atoms with E-state index in [1.807, 2.05) is 6.92 Å².